The molecule has 1 aliphatic rings. The summed E-state index contributed by atoms with van der Waals surface area (Å²) in [5, 5.41) is 0. The number of hydrogen-bond acceptors (Lipinski definition) is 0. The molecule has 1 rings (SSSR count). The van der Waals surface area contributed by atoms with Crippen LogP contribution in [-0.4, -0.2) is 34.2 Å². The summed E-state index contributed by atoms with van der Waals surface area (Å²) in [5.74, 6) is 0. The third-order valence-corrected chi connectivity index (χ3v) is 3.94. The second-order valence-electron chi connectivity index (χ2n) is 3.09. The summed E-state index contributed by atoms with van der Waals surface area (Å²) in [6, 6.07) is 0. The van der Waals surface area contributed by atoms with E-state index in [1.807, 2.05) is 0 Å². The van der Waals surface area contributed by atoms with Crippen LogP contribution in [0, 0.1) is 0 Å². The Kier molecular flexibility index (Phi) is 1.73. The molecule has 0 atom stereocenters. The minimum Gasteiger partial charge on any atom is -0.391 e. The quantitative estimate of drug-likeness (QED) is 0.435. The molecule has 0 aromatic heterocycles. The second kappa shape index (κ2) is 2.19. The molecule has 0 amide bonds. The van der Waals surface area contributed by atoms with E-state index in [1.54, 1.807) is 0 Å². The van der Waals surface area contributed by atoms with Crippen molar-refractivity contribution in [1.82, 2.24) is 0 Å². The molecule has 1 nitrogen and oxygen atoms in total. The predicted molar refractivity (Wildman–Crippen MR) is 39.7 cm³/mol. The van der Waals surface area contributed by atoms with Crippen LogP contribution in [0.2, 0.25) is 0 Å². The molecule has 48 valence electrons. The van der Waals surface area contributed by atoms with Crippen molar-refractivity contribution in [3.63, 3.8) is 0 Å². The van der Waals surface area contributed by atoms with Crippen molar-refractivity contribution in [2.75, 3.05) is 19.6 Å². The average molecular weight is 130 g/mol. The predicted octanol–water partition coefficient (Wildman–Crippen LogP) is -0.103. The van der Waals surface area contributed by atoms with Gasteiger partial charge in [-0.3, -0.25) is 0 Å². The first-order chi connectivity index (χ1) is 3.77. The van der Waals surface area contributed by atoms with E-state index in [0.717, 1.165) is 0 Å². The largest absolute Gasteiger partial charge is 0.391 e. The summed E-state index contributed by atoms with van der Waals surface area (Å²) in [7, 11) is 1.37. The van der Waals surface area contributed by atoms with Crippen molar-refractivity contribution in [2.45, 2.75) is 19.8 Å². The molecule has 0 bridgehead atoms. The van der Waals surface area contributed by atoms with E-state index in [0.29, 0.717) is 0 Å². The van der Waals surface area contributed by atoms with E-state index in [4.69, 9.17) is 0 Å². The Bertz CT molecular complexity index is 76.6. The van der Waals surface area contributed by atoms with Crippen molar-refractivity contribution in [3.05, 3.63) is 0 Å². The highest BCUT2D eigenvalue weighted by atomic mass is 28.2. The van der Waals surface area contributed by atoms with Gasteiger partial charge >= 0.3 is 0 Å². The summed E-state index contributed by atoms with van der Waals surface area (Å²) in [6.07, 6.45) is 2.97. The van der Waals surface area contributed by atoms with E-state index in [1.165, 1.54) is 47.0 Å². The number of rotatable bonds is 1. The Balaban J connectivity index is 2.40. The van der Waals surface area contributed by atoms with Crippen LogP contribution >= 0.6 is 0 Å². The Morgan fingerprint density at radius 2 is 1.88 bits per heavy atom. The van der Waals surface area contributed by atoms with Crippen LogP contribution in [0.4, 0.5) is 0 Å². The normalized spacial score (nSPS) is 26.6. The maximum Gasteiger partial charge on any atom is 0.239 e. The monoisotopic (exact) mass is 130 g/mol. The van der Waals surface area contributed by atoms with Crippen molar-refractivity contribution >= 4 is 10.4 Å². The van der Waals surface area contributed by atoms with Crippen LogP contribution in [0.5, 0.6) is 0 Å². The summed E-state index contributed by atoms with van der Waals surface area (Å²) < 4.78 is 1.46. The second-order valence-corrected chi connectivity index (χ2v) is 4.99. The van der Waals surface area contributed by atoms with E-state index in [9.17, 15) is 0 Å². The zero-order valence-corrected chi connectivity index (χ0v) is 7.98. The molecule has 0 aromatic carbocycles. The van der Waals surface area contributed by atoms with Crippen LogP contribution in [0.25, 0.3) is 0 Å². The van der Waals surface area contributed by atoms with Crippen LogP contribution in [0.1, 0.15) is 19.8 Å². The summed E-state index contributed by atoms with van der Waals surface area (Å²) >= 11 is 0. The van der Waals surface area contributed by atoms with Gasteiger partial charge in [-0.2, -0.15) is 0 Å². The van der Waals surface area contributed by atoms with Gasteiger partial charge in [-0.1, -0.05) is 0 Å². The number of hydrogen-bond donors (Lipinski definition) is 0. The standard InChI is InChI=1S/C6H16NSi/c1-2-7(8)5-3-4-6-7/h2-6H2,1,8H3/q+1. The lowest BCUT2D eigenvalue weighted by Gasteiger charge is -2.29. The topological polar surface area (TPSA) is 0 Å². The molecule has 0 aliphatic carbocycles. The third-order valence-electron chi connectivity index (χ3n) is 2.41. The van der Waals surface area contributed by atoms with E-state index < -0.39 is 0 Å². The molecule has 0 unspecified atom stereocenters. The van der Waals surface area contributed by atoms with Gasteiger partial charge in [0.2, 0.25) is 10.4 Å². The molecule has 2 heteroatoms. The zero-order chi connectivity index (χ0) is 6.04. The van der Waals surface area contributed by atoms with Crippen LogP contribution in [0.15, 0.2) is 0 Å². The first-order valence-electron chi connectivity index (χ1n) is 3.60. The van der Waals surface area contributed by atoms with Gasteiger partial charge in [-0.15, -0.1) is 0 Å². The minimum atomic E-state index is 1.37. The van der Waals surface area contributed by atoms with Crippen molar-refractivity contribution in [1.29, 1.82) is 0 Å². The van der Waals surface area contributed by atoms with Crippen molar-refractivity contribution in [2.24, 2.45) is 0 Å². The fraction of sp³-hybridized carbons (Fsp3) is 1.00. The lowest BCUT2D eigenvalue weighted by atomic mass is 10.4. The van der Waals surface area contributed by atoms with Crippen LogP contribution in [-0.2, 0) is 0 Å². The fourth-order valence-corrected chi connectivity index (χ4v) is 2.05. The Hall–Kier alpha value is 0.177. The zero-order valence-electron chi connectivity index (χ0n) is 5.98. The maximum absolute atomic E-state index is 2.32. The van der Waals surface area contributed by atoms with E-state index in [-0.39, 0.29) is 0 Å². The highest BCUT2D eigenvalue weighted by Gasteiger charge is 2.22. The smallest absolute Gasteiger partial charge is 0.239 e. The highest BCUT2D eigenvalue weighted by molar-refractivity contribution is 5.97. The molecule has 0 spiro atoms. The SMILES string of the molecule is CC[N+]1([SiH3])CCCC1. The number of quaternary nitrogens is 1. The van der Waals surface area contributed by atoms with Crippen LogP contribution in [0.3, 0.4) is 0 Å². The van der Waals surface area contributed by atoms with Gasteiger partial charge in [0, 0.05) is 12.8 Å². The molecule has 0 saturated carbocycles. The minimum absolute atomic E-state index is 1.37. The Morgan fingerprint density at radius 3 is 2.12 bits per heavy atom. The molecule has 8 heavy (non-hydrogen) atoms. The van der Waals surface area contributed by atoms with Gasteiger partial charge in [0.15, 0.2) is 0 Å². The van der Waals surface area contributed by atoms with Gasteiger partial charge in [0.05, 0.1) is 19.6 Å². The first kappa shape index (κ1) is 6.30. The summed E-state index contributed by atoms with van der Waals surface area (Å²) in [6.45, 7) is 6.65. The van der Waals surface area contributed by atoms with Gasteiger partial charge < -0.3 is 4.15 Å². The van der Waals surface area contributed by atoms with E-state index >= 15 is 0 Å². The van der Waals surface area contributed by atoms with Gasteiger partial charge in [-0.25, -0.2) is 0 Å². The molecule has 1 heterocycles. The first-order valence-corrected chi connectivity index (χ1v) is 4.50. The summed E-state index contributed by atoms with van der Waals surface area (Å²) in [5.41, 5.74) is 0. The summed E-state index contributed by atoms with van der Waals surface area (Å²) in [4.78, 5) is 0. The average Bonchev–Trinajstić information content (AvgIpc) is 2.17. The van der Waals surface area contributed by atoms with Gasteiger partial charge in [-0.05, 0) is 6.92 Å². The molecular weight excluding hydrogens is 114 g/mol. The Morgan fingerprint density at radius 1 is 1.38 bits per heavy atom. The Labute approximate surface area is 54.8 Å². The van der Waals surface area contributed by atoms with Crippen LogP contribution < -0.4 is 0 Å². The van der Waals surface area contributed by atoms with Gasteiger partial charge in [0.25, 0.3) is 0 Å². The maximum atomic E-state index is 2.32. The van der Waals surface area contributed by atoms with Crippen molar-refractivity contribution < 1.29 is 4.15 Å². The molecular formula is C6H16NSi+. The fourth-order valence-electron chi connectivity index (χ4n) is 1.42. The molecule has 1 aliphatic heterocycles. The number of nitrogens with zero attached hydrogens (tertiary/aromatic N) is 1. The van der Waals surface area contributed by atoms with E-state index in [2.05, 4.69) is 6.92 Å². The molecule has 0 N–H and O–H groups in total. The molecule has 0 aromatic rings. The highest BCUT2D eigenvalue weighted by Crippen LogP contribution is 2.13. The molecule has 1 saturated heterocycles. The van der Waals surface area contributed by atoms with Gasteiger partial charge in [0.1, 0.15) is 0 Å². The lowest BCUT2D eigenvalue weighted by molar-refractivity contribution is -0.801. The number of likely N-dealkylation sites (tertiary alicyclic amines) is 1. The molecule has 1 fully saturated rings. The van der Waals surface area contributed by atoms with Crippen molar-refractivity contribution in [3.8, 4) is 0 Å². The third kappa shape index (κ3) is 1.12. The molecule has 0 radical (unpaired) electrons. The lowest BCUT2D eigenvalue weighted by Crippen LogP contribution is -2.41.